The number of aryl methyl sites for hydroxylation is 1. The van der Waals surface area contributed by atoms with Crippen molar-refractivity contribution in [2.45, 2.75) is 20.8 Å². The summed E-state index contributed by atoms with van der Waals surface area (Å²) in [5.41, 5.74) is 6.36. The maximum Gasteiger partial charge on any atom is 0.140 e. The monoisotopic (exact) mass is 180 g/mol. The molecule has 1 heterocycles. The minimum atomic E-state index is 0.525. The molecule has 0 amide bonds. The maximum absolute atomic E-state index is 5.54. The molecule has 2 N–H and O–H groups in total. The molecule has 0 aliphatic heterocycles. The van der Waals surface area contributed by atoms with Gasteiger partial charge in [0, 0.05) is 0 Å². The van der Waals surface area contributed by atoms with Gasteiger partial charge in [-0.15, -0.1) is 0 Å². The van der Waals surface area contributed by atoms with Gasteiger partial charge in [0.1, 0.15) is 11.6 Å². The Morgan fingerprint density at radius 2 is 2.15 bits per heavy atom. The predicted molar refractivity (Wildman–Crippen MR) is 53.7 cm³/mol. The maximum atomic E-state index is 5.54. The number of pyridine rings is 1. The Bertz CT molecular complexity index is 284. The number of nitrogens with zero attached hydrogens (tertiary/aromatic N) is 1. The van der Waals surface area contributed by atoms with Crippen molar-refractivity contribution in [3.05, 3.63) is 17.8 Å². The van der Waals surface area contributed by atoms with Gasteiger partial charge in [0.15, 0.2) is 0 Å². The normalized spacial score (nSPS) is 10.5. The molecule has 0 saturated carbocycles. The van der Waals surface area contributed by atoms with E-state index < -0.39 is 0 Å². The fourth-order valence-electron chi connectivity index (χ4n) is 0.977. The average Bonchev–Trinajstić information content (AvgIpc) is 2.02. The summed E-state index contributed by atoms with van der Waals surface area (Å²) in [5, 5.41) is 0. The Morgan fingerprint density at radius 1 is 1.46 bits per heavy atom. The molecule has 0 radical (unpaired) electrons. The molecule has 3 heteroatoms. The van der Waals surface area contributed by atoms with Crippen LogP contribution in [0.25, 0.3) is 0 Å². The van der Waals surface area contributed by atoms with Crippen molar-refractivity contribution < 1.29 is 4.74 Å². The molecule has 1 aromatic rings. The van der Waals surface area contributed by atoms with Crippen molar-refractivity contribution in [2.24, 2.45) is 5.92 Å². The Labute approximate surface area is 78.9 Å². The number of hydrogen-bond acceptors (Lipinski definition) is 3. The first-order chi connectivity index (χ1) is 6.09. The summed E-state index contributed by atoms with van der Waals surface area (Å²) in [6, 6.07) is 3.61. The number of anilines is 1. The summed E-state index contributed by atoms with van der Waals surface area (Å²) in [5.74, 6) is 1.88. The largest absolute Gasteiger partial charge is 0.491 e. The molecule has 0 aliphatic carbocycles. The lowest BCUT2D eigenvalue weighted by molar-refractivity contribution is 0.268. The number of rotatable bonds is 3. The van der Waals surface area contributed by atoms with Gasteiger partial charge >= 0.3 is 0 Å². The van der Waals surface area contributed by atoms with Gasteiger partial charge in [-0.2, -0.15) is 0 Å². The molecule has 1 aromatic heterocycles. The van der Waals surface area contributed by atoms with Gasteiger partial charge in [0.2, 0.25) is 0 Å². The van der Waals surface area contributed by atoms with E-state index in [1.165, 1.54) is 0 Å². The molecule has 0 fully saturated rings. The van der Waals surface area contributed by atoms with Gasteiger partial charge in [-0.05, 0) is 25.0 Å². The van der Waals surface area contributed by atoms with Crippen LogP contribution in [0.15, 0.2) is 12.1 Å². The molecule has 0 saturated heterocycles. The fraction of sp³-hybridized carbons (Fsp3) is 0.500. The van der Waals surface area contributed by atoms with Crippen LogP contribution in [-0.4, -0.2) is 11.6 Å². The minimum absolute atomic E-state index is 0.525. The predicted octanol–water partition coefficient (Wildman–Crippen LogP) is 2.01. The lowest BCUT2D eigenvalue weighted by Crippen LogP contribution is -2.06. The lowest BCUT2D eigenvalue weighted by atomic mass is 10.2. The highest BCUT2D eigenvalue weighted by Crippen LogP contribution is 2.17. The summed E-state index contributed by atoms with van der Waals surface area (Å²) in [4.78, 5) is 4.10. The van der Waals surface area contributed by atoms with E-state index in [1.807, 2.05) is 13.0 Å². The second-order valence-corrected chi connectivity index (χ2v) is 3.52. The lowest BCUT2D eigenvalue weighted by Gasteiger charge is -2.10. The van der Waals surface area contributed by atoms with Crippen molar-refractivity contribution in [3.8, 4) is 5.75 Å². The summed E-state index contributed by atoms with van der Waals surface area (Å²) in [6.07, 6.45) is 0. The molecule has 3 nitrogen and oxygen atoms in total. The third kappa shape index (κ3) is 2.93. The van der Waals surface area contributed by atoms with Crippen LogP contribution in [0.4, 0.5) is 5.82 Å². The quantitative estimate of drug-likeness (QED) is 0.774. The van der Waals surface area contributed by atoms with Gasteiger partial charge in [0.25, 0.3) is 0 Å². The molecule has 0 spiro atoms. The van der Waals surface area contributed by atoms with Crippen molar-refractivity contribution in [3.63, 3.8) is 0 Å². The molecule has 0 unspecified atom stereocenters. The second-order valence-electron chi connectivity index (χ2n) is 3.52. The fourth-order valence-corrected chi connectivity index (χ4v) is 0.977. The van der Waals surface area contributed by atoms with Crippen LogP contribution in [0.3, 0.4) is 0 Å². The van der Waals surface area contributed by atoms with Crippen LogP contribution in [-0.2, 0) is 0 Å². The first kappa shape index (κ1) is 9.84. The minimum Gasteiger partial charge on any atom is -0.491 e. The first-order valence-electron chi connectivity index (χ1n) is 4.45. The summed E-state index contributed by atoms with van der Waals surface area (Å²) in [7, 11) is 0. The van der Waals surface area contributed by atoms with Crippen molar-refractivity contribution >= 4 is 5.82 Å². The highest BCUT2D eigenvalue weighted by Gasteiger charge is 2.01. The molecular formula is C10H16N2O. The molecule has 1 rings (SSSR count). The highest BCUT2D eigenvalue weighted by atomic mass is 16.5. The van der Waals surface area contributed by atoms with E-state index in [0.29, 0.717) is 18.3 Å². The van der Waals surface area contributed by atoms with Crippen LogP contribution < -0.4 is 10.5 Å². The number of nitrogen functional groups attached to an aromatic ring is 1. The average molecular weight is 180 g/mol. The van der Waals surface area contributed by atoms with Gasteiger partial charge in [0.05, 0.1) is 12.3 Å². The van der Waals surface area contributed by atoms with E-state index in [-0.39, 0.29) is 0 Å². The molecule has 72 valence electrons. The summed E-state index contributed by atoms with van der Waals surface area (Å²) < 4.78 is 5.54. The SMILES string of the molecule is Cc1nc(N)ccc1OCC(C)C. The molecule has 13 heavy (non-hydrogen) atoms. The van der Waals surface area contributed by atoms with E-state index in [4.69, 9.17) is 10.5 Å². The Kier molecular flexibility index (Phi) is 3.12. The zero-order chi connectivity index (χ0) is 9.84. The van der Waals surface area contributed by atoms with Gasteiger partial charge in [-0.25, -0.2) is 4.98 Å². The van der Waals surface area contributed by atoms with Crippen LogP contribution in [0, 0.1) is 12.8 Å². The van der Waals surface area contributed by atoms with Crippen LogP contribution in [0.2, 0.25) is 0 Å². The standard InChI is InChI=1S/C10H16N2O/c1-7(2)6-13-9-4-5-10(11)12-8(9)3/h4-5,7H,6H2,1-3H3,(H2,11,12). The number of ether oxygens (including phenoxy) is 1. The first-order valence-corrected chi connectivity index (χ1v) is 4.45. The second kappa shape index (κ2) is 4.12. The molecule has 0 aliphatic rings. The Hall–Kier alpha value is -1.25. The molecule has 0 atom stereocenters. The topological polar surface area (TPSA) is 48.1 Å². The van der Waals surface area contributed by atoms with E-state index in [2.05, 4.69) is 18.8 Å². The van der Waals surface area contributed by atoms with Crippen molar-refractivity contribution in [1.82, 2.24) is 4.98 Å². The molecule has 0 aromatic carbocycles. The third-order valence-electron chi connectivity index (χ3n) is 1.63. The smallest absolute Gasteiger partial charge is 0.140 e. The van der Waals surface area contributed by atoms with E-state index in [9.17, 15) is 0 Å². The van der Waals surface area contributed by atoms with E-state index in [1.54, 1.807) is 6.07 Å². The van der Waals surface area contributed by atoms with Gasteiger partial charge in [-0.3, -0.25) is 0 Å². The van der Waals surface area contributed by atoms with Crippen LogP contribution in [0.5, 0.6) is 5.75 Å². The molecular weight excluding hydrogens is 164 g/mol. The Morgan fingerprint density at radius 3 is 2.69 bits per heavy atom. The van der Waals surface area contributed by atoms with Gasteiger partial charge < -0.3 is 10.5 Å². The summed E-state index contributed by atoms with van der Waals surface area (Å²) >= 11 is 0. The third-order valence-corrected chi connectivity index (χ3v) is 1.63. The highest BCUT2D eigenvalue weighted by molar-refractivity contribution is 5.37. The van der Waals surface area contributed by atoms with Gasteiger partial charge in [-0.1, -0.05) is 13.8 Å². The number of hydrogen-bond donors (Lipinski definition) is 1. The Balaban J connectivity index is 2.67. The van der Waals surface area contributed by atoms with E-state index >= 15 is 0 Å². The zero-order valence-corrected chi connectivity index (χ0v) is 8.37. The number of aromatic nitrogens is 1. The number of nitrogens with two attached hydrogens (primary N) is 1. The zero-order valence-electron chi connectivity index (χ0n) is 8.37. The van der Waals surface area contributed by atoms with Crippen molar-refractivity contribution in [2.75, 3.05) is 12.3 Å². The van der Waals surface area contributed by atoms with Crippen LogP contribution in [0.1, 0.15) is 19.5 Å². The summed E-state index contributed by atoms with van der Waals surface area (Å²) in [6.45, 7) is 6.83. The van der Waals surface area contributed by atoms with Crippen LogP contribution >= 0.6 is 0 Å². The molecule has 0 bridgehead atoms. The van der Waals surface area contributed by atoms with E-state index in [0.717, 1.165) is 11.4 Å². The van der Waals surface area contributed by atoms with Crippen molar-refractivity contribution in [1.29, 1.82) is 0 Å².